The summed E-state index contributed by atoms with van der Waals surface area (Å²) in [4.78, 5) is 2.76. The van der Waals surface area contributed by atoms with Crippen molar-refractivity contribution < 1.29 is 0 Å². The van der Waals surface area contributed by atoms with Gasteiger partial charge in [0.05, 0.1) is 0 Å². The Labute approximate surface area is 129 Å². The van der Waals surface area contributed by atoms with Crippen LogP contribution in [0.1, 0.15) is 62.1 Å². The first-order chi connectivity index (χ1) is 10.3. The van der Waals surface area contributed by atoms with Crippen molar-refractivity contribution in [2.45, 2.75) is 51.0 Å². The van der Waals surface area contributed by atoms with Gasteiger partial charge in [0.15, 0.2) is 0 Å². The fourth-order valence-electron chi connectivity index (χ4n) is 4.16. The molecule has 21 heavy (non-hydrogen) atoms. The van der Waals surface area contributed by atoms with Crippen LogP contribution in [0.3, 0.4) is 0 Å². The average Bonchev–Trinajstić information content (AvgIpc) is 3.33. The molecule has 2 nitrogen and oxygen atoms in total. The summed E-state index contributed by atoms with van der Waals surface area (Å²) in [7, 11) is 2.10. The molecule has 2 heteroatoms. The second-order valence-corrected chi connectivity index (χ2v) is 6.84. The van der Waals surface area contributed by atoms with Crippen molar-refractivity contribution in [1.29, 1.82) is 0 Å². The Morgan fingerprint density at radius 3 is 2.57 bits per heavy atom. The molecule has 1 saturated heterocycles. The topological polar surface area (TPSA) is 15.3 Å². The number of likely N-dealkylation sites (tertiary alicyclic amines) is 1. The number of benzene rings is 1. The van der Waals surface area contributed by atoms with Crippen LogP contribution < -0.4 is 5.32 Å². The monoisotopic (exact) mass is 286 g/mol. The lowest BCUT2D eigenvalue weighted by Crippen LogP contribution is -2.42. The van der Waals surface area contributed by atoms with Gasteiger partial charge in [-0.1, -0.05) is 31.2 Å². The third-order valence-electron chi connectivity index (χ3n) is 5.17. The van der Waals surface area contributed by atoms with E-state index in [4.69, 9.17) is 0 Å². The summed E-state index contributed by atoms with van der Waals surface area (Å²) in [5.74, 6) is 1.61. The van der Waals surface area contributed by atoms with E-state index in [-0.39, 0.29) is 0 Å². The van der Waals surface area contributed by atoms with Gasteiger partial charge in [0.25, 0.3) is 0 Å². The van der Waals surface area contributed by atoms with E-state index in [9.17, 15) is 0 Å². The van der Waals surface area contributed by atoms with Crippen molar-refractivity contribution in [3.05, 3.63) is 35.4 Å². The van der Waals surface area contributed by atoms with Crippen molar-refractivity contribution in [2.75, 3.05) is 26.7 Å². The minimum atomic E-state index is 0.628. The molecule has 1 aromatic rings. The number of hydrogen-bond acceptors (Lipinski definition) is 2. The van der Waals surface area contributed by atoms with Crippen LogP contribution in [0.2, 0.25) is 0 Å². The standard InChI is InChI=1S/C19H30N2/c1-3-12-21-13-6-7-16(14-20-2)19(21)18-9-5-4-8-17(18)15-10-11-15/h4-5,8-9,15-16,19-20H,3,6-7,10-14H2,1-2H3. The van der Waals surface area contributed by atoms with Gasteiger partial charge in [0.1, 0.15) is 0 Å². The zero-order valence-corrected chi connectivity index (χ0v) is 13.6. The summed E-state index contributed by atoms with van der Waals surface area (Å²) in [6.45, 7) is 5.97. The van der Waals surface area contributed by atoms with Crippen LogP contribution in [-0.2, 0) is 0 Å². The highest BCUT2D eigenvalue weighted by Gasteiger charge is 2.35. The van der Waals surface area contributed by atoms with Crippen LogP contribution in [0.4, 0.5) is 0 Å². The third kappa shape index (κ3) is 3.32. The molecule has 2 fully saturated rings. The minimum absolute atomic E-state index is 0.628. The molecule has 1 aliphatic heterocycles. The molecule has 2 unspecified atom stereocenters. The Morgan fingerprint density at radius 1 is 1.14 bits per heavy atom. The largest absolute Gasteiger partial charge is 0.319 e. The van der Waals surface area contributed by atoms with Gasteiger partial charge >= 0.3 is 0 Å². The van der Waals surface area contributed by atoms with E-state index in [2.05, 4.69) is 48.5 Å². The van der Waals surface area contributed by atoms with E-state index in [0.29, 0.717) is 6.04 Å². The summed E-state index contributed by atoms with van der Waals surface area (Å²) in [5, 5.41) is 3.44. The molecule has 1 saturated carbocycles. The van der Waals surface area contributed by atoms with E-state index < -0.39 is 0 Å². The van der Waals surface area contributed by atoms with Crippen molar-refractivity contribution in [3.8, 4) is 0 Å². The van der Waals surface area contributed by atoms with Gasteiger partial charge in [-0.05, 0) is 81.7 Å². The second-order valence-electron chi connectivity index (χ2n) is 6.84. The molecule has 0 spiro atoms. The van der Waals surface area contributed by atoms with Gasteiger partial charge in [-0.15, -0.1) is 0 Å². The molecule has 0 aromatic heterocycles. The Bertz CT molecular complexity index is 435. The second kappa shape index (κ2) is 6.93. The molecule has 1 heterocycles. The molecule has 2 atom stereocenters. The van der Waals surface area contributed by atoms with Crippen LogP contribution >= 0.6 is 0 Å². The number of rotatable bonds is 6. The summed E-state index contributed by atoms with van der Waals surface area (Å²) >= 11 is 0. The zero-order chi connectivity index (χ0) is 14.7. The smallest absolute Gasteiger partial charge is 0.0391 e. The number of nitrogens with one attached hydrogen (secondary N) is 1. The lowest BCUT2D eigenvalue weighted by molar-refractivity contribution is 0.0918. The molecule has 2 aliphatic rings. The molecule has 0 bridgehead atoms. The molecular formula is C19H30N2. The normalized spacial score (nSPS) is 27.0. The molecule has 116 valence electrons. The maximum atomic E-state index is 3.44. The van der Waals surface area contributed by atoms with E-state index in [1.807, 2.05) is 0 Å². The highest BCUT2D eigenvalue weighted by molar-refractivity contribution is 5.36. The van der Waals surface area contributed by atoms with E-state index in [0.717, 1.165) is 18.4 Å². The quantitative estimate of drug-likeness (QED) is 0.852. The third-order valence-corrected chi connectivity index (χ3v) is 5.17. The summed E-state index contributed by atoms with van der Waals surface area (Å²) in [6, 6.07) is 9.91. The van der Waals surface area contributed by atoms with E-state index >= 15 is 0 Å². The summed E-state index contributed by atoms with van der Waals surface area (Å²) < 4.78 is 0. The predicted octanol–water partition coefficient (Wildman–Crippen LogP) is 3.95. The van der Waals surface area contributed by atoms with Gasteiger partial charge in [-0.2, -0.15) is 0 Å². The lowest BCUT2D eigenvalue weighted by atomic mass is 9.82. The molecular weight excluding hydrogens is 256 g/mol. The number of hydrogen-bond donors (Lipinski definition) is 1. The van der Waals surface area contributed by atoms with Gasteiger partial charge in [-0.25, -0.2) is 0 Å². The predicted molar refractivity (Wildman–Crippen MR) is 89.7 cm³/mol. The van der Waals surface area contributed by atoms with Crippen molar-refractivity contribution in [2.24, 2.45) is 5.92 Å². The lowest BCUT2D eigenvalue weighted by Gasteiger charge is -2.42. The van der Waals surface area contributed by atoms with Gasteiger partial charge < -0.3 is 5.32 Å². The van der Waals surface area contributed by atoms with Crippen molar-refractivity contribution in [1.82, 2.24) is 10.2 Å². The van der Waals surface area contributed by atoms with Gasteiger partial charge in [0, 0.05) is 6.04 Å². The molecule has 1 aromatic carbocycles. The average molecular weight is 286 g/mol. The molecule has 3 rings (SSSR count). The van der Waals surface area contributed by atoms with Crippen LogP contribution in [-0.4, -0.2) is 31.6 Å². The Kier molecular flexibility index (Phi) is 4.97. The van der Waals surface area contributed by atoms with Crippen LogP contribution in [0, 0.1) is 5.92 Å². The summed E-state index contributed by atoms with van der Waals surface area (Å²) in [6.07, 6.45) is 6.77. The van der Waals surface area contributed by atoms with Crippen LogP contribution in [0.15, 0.2) is 24.3 Å². The molecule has 1 aliphatic carbocycles. The fourth-order valence-corrected chi connectivity index (χ4v) is 4.16. The SMILES string of the molecule is CCCN1CCCC(CNC)C1c1ccccc1C1CC1. The maximum Gasteiger partial charge on any atom is 0.0391 e. The molecule has 0 radical (unpaired) electrons. The Balaban J connectivity index is 1.92. The van der Waals surface area contributed by atoms with Gasteiger partial charge in [-0.3, -0.25) is 4.90 Å². The number of nitrogens with zero attached hydrogens (tertiary/aromatic N) is 1. The number of piperidine rings is 1. The van der Waals surface area contributed by atoms with Crippen molar-refractivity contribution >= 4 is 0 Å². The van der Waals surface area contributed by atoms with Crippen molar-refractivity contribution in [3.63, 3.8) is 0 Å². The Morgan fingerprint density at radius 2 is 1.90 bits per heavy atom. The van der Waals surface area contributed by atoms with Crippen LogP contribution in [0.25, 0.3) is 0 Å². The van der Waals surface area contributed by atoms with E-state index in [1.165, 1.54) is 45.2 Å². The first-order valence-electron chi connectivity index (χ1n) is 8.82. The molecule has 1 N–H and O–H groups in total. The zero-order valence-electron chi connectivity index (χ0n) is 13.6. The minimum Gasteiger partial charge on any atom is -0.319 e. The highest BCUT2D eigenvalue weighted by Crippen LogP contribution is 2.46. The first-order valence-corrected chi connectivity index (χ1v) is 8.82. The van der Waals surface area contributed by atoms with E-state index in [1.54, 1.807) is 11.1 Å². The maximum absolute atomic E-state index is 3.44. The first kappa shape index (κ1) is 15.1. The Hall–Kier alpha value is -0.860. The fraction of sp³-hybridized carbons (Fsp3) is 0.684. The summed E-state index contributed by atoms with van der Waals surface area (Å²) in [5.41, 5.74) is 3.28. The molecule has 0 amide bonds. The van der Waals surface area contributed by atoms with Crippen LogP contribution in [0.5, 0.6) is 0 Å². The van der Waals surface area contributed by atoms with Gasteiger partial charge in [0.2, 0.25) is 0 Å². The highest BCUT2D eigenvalue weighted by atomic mass is 15.2.